The van der Waals surface area contributed by atoms with Crippen molar-refractivity contribution in [3.05, 3.63) is 0 Å². The highest BCUT2D eigenvalue weighted by Crippen LogP contribution is 2.20. The quantitative estimate of drug-likeness (QED) is 0.322. The second kappa shape index (κ2) is 3.37. The van der Waals surface area contributed by atoms with E-state index in [0.29, 0.717) is 0 Å². The van der Waals surface area contributed by atoms with Crippen LogP contribution in [0.3, 0.4) is 0 Å². The van der Waals surface area contributed by atoms with Crippen LogP contribution in [0.15, 0.2) is 0 Å². The summed E-state index contributed by atoms with van der Waals surface area (Å²) in [6.07, 6.45) is 0. The number of alkyl halides is 3. The predicted molar refractivity (Wildman–Crippen MR) is 30.5 cm³/mol. The fraction of sp³-hybridized carbons (Fsp3) is 1.00. The molecule has 0 radical (unpaired) electrons. The molecule has 11 heavy (non-hydrogen) atoms. The lowest BCUT2D eigenvalue weighted by Gasteiger charge is -1.97. The van der Waals surface area contributed by atoms with E-state index in [-0.39, 0.29) is 0 Å². The molecule has 0 atom stereocenters. The van der Waals surface area contributed by atoms with Crippen LogP contribution in [0.25, 0.3) is 0 Å². The Morgan fingerprint density at radius 1 is 1.27 bits per heavy atom. The average Bonchev–Trinajstić information content (AvgIpc) is 2.37. The first-order valence-electron chi connectivity index (χ1n) is 2.49. The van der Waals surface area contributed by atoms with Crippen LogP contribution in [0.5, 0.6) is 0 Å². The first-order chi connectivity index (χ1) is 4.75. The molecule has 0 amide bonds. The first-order valence-corrected chi connectivity index (χ1v) is 3.93. The van der Waals surface area contributed by atoms with Crippen LogP contribution in [0.4, 0.5) is 13.2 Å². The maximum absolute atomic E-state index is 10.7. The largest absolute Gasteiger partial charge is 0.522 e. The standard InChI is InChI=1S/C2H5N.CHF3O3S/c1-2-3-1;2-1(3,4)8(5,6)7/h3H,1-2H2;(H,5,6,7). The summed E-state index contributed by atoms with van der Waals surface area (Å²) in [5.41, 5.74) is -5.53. The van der Waals surface area contributed by atoms with Crippen molar-refractivity contribution in [1.82, 2.24) is 5.32 Å². The first kappa shape index (κ1) is 10.7. The molecule has 0 aliphatic carbocycles. The van der Waals surface area contributed by atoms with E-state index in [1.54, 1.807) is 0 Å². The van der Waals surface area contributed by atoms with Crippen molar-refractivity contribution in [1.29, 1.82) is 0 Å². The molecule has 1 saturated heterocycles. The number of hydrogen-bond acceptors (Lipinski definition) is 3. The molecule has 68 valence electrons. The van der Waals surface area contributed by atoms with E-state index in [4.69, 9.17) is 13.0 Å². The summed E-state index contributed by atoms with van der Waals surface area (Å²) in [6.45, 7) is 2.50. The highest BCUT2D eigenvalue weighted by Gasteiger charge is 2.44. The molecule has 1 rings (SSSR count). The minimum Gasteiger partial charge on any atom is -0.314 e. The van der Waals surface area contributed by atoms with Crippen LogP contribution in [-0.2, 0) is 10.1 Å². The van der Waals surface area contributed by atoms with Gasteiger partial charge < -0.3 is 5.32 Å². The van der Waals surface area contributed by atoms with E-state index in [1.165, 1.54) is 13.1 Å². The van der Waals surface area contributed by atoms with Gasteiger partial charge in [-0.25, -0.2) is 0 Å². The van der Waals surface area contributed by atoms with Crippen LogP contribution < -0.4 is 5.32 Å². The SMILES string of the molecule is C1CN1.O=S(=O)(O)C(F)(F)F. The number of hydrogen-bond donors (Lipinski definition) is 2. The lowest BCUT2D eigenvalue weighted by molar-refractivity contribution is -0.0510. The van der Waals surface area contributed by atoms with Crippen LogP contribution >= 0.6 is 0 Å². The smallest absolute Gasteiger partial charge is 0.314 e. The van der Waals surface area contributed by atoms with Crippen molar-refractivity contribution in [2.45, 2.75) is 5.51 Å². The van der Waals surface area contributed by atoms with Gasteiger partial charge in [-0.05, 0) is 0 Å². The Balaban J connectivity index is 0.000000271. The molecule has 0 aromatic heterocycles. The van der Waals surface area contributed by atoms with Gasteiger partial charge in [0.05, 0.1) is 0 Å². The molecule has 0 saturated carbocycles. The summed E-state index contributed by atoms with van der Waals surface area (Å²) in [6, 6.07) is 0. The topological polar surface area (TPSA) is 76.3 Å². The lowest BCUT2D eigenvalue weighted by Crippen LogP contribution is -2.21. The molecule has 1 aliphatic heterocycles. The number of rotatable bonds is 0. The summed E-state index contributed by atoms with van der Waals surface area (Å²) >= 11 is 0. The van der Waals surface area contributed by atoms with E-state index >= 15 is 0 Å². The zero-order chi connectivity index (χ0) is 9.12. The number of nitrogens with one attached hydrogen (secondary N) is 1. The molecule has 0 spiro atoms. The molecule has 1 aliphatic rings. The highest BCUT2D eigenvalue weighted by atomic mass is 32.2. The Hall–Kier alpha value is -0.340. The average molecular weight is 193 g/mol. The fourth-order valence-electron chi connectivity index (χ4n) is 0. The van der Waals surface area contributed by atoms with Crippen LogP contribution in [0.1, 0.15) is 0 Å². The number of halogens is 3. The zero-order valence-corrected chi connectivity index (χ0v) is 6.04. The van der Waals surface area contributed by atoms with E-state index in [0.717, 1.165) is 0 Å². The molecule has 0 unspecified atom stereocenters. The van der Waals surface area contributed by atoms with Gasteiger partial charge in [0.1, 0.15) is 0 Å². The third-order valence-electron chi connectivity index (χ3n) is 0.542. The van der Waals surface area contributed by atoms with Crippen molar-refractivity contribution in [2.24, 2.45) is 0 Å². The molecule has 0 bridgehead atoms. The molecule has 2 N–H and O–H groups in total. The van der Waals surface area contributed by atoms with Crippen molar-refractivity contribution in [3.8, 4) is 0 Å². The normalized spacial score (nSPS) is 16.7. The molecule has 0 aromatic carbocycles. The summed E-state index contributed by atoms with van der Waals surface area (Å²) < 4.78 is 57.5. The Morgan fingerprint density at radius 3 is 1.45 bits per heavy atom. The van der Waals surface area contributed by atoms with Crippen LogP contribution in [0, 0.1) is 0 Å². The third-order valence-corrected chi connectivity index (χ3v) is 1.13. The fourth-order valence-corrected chi connectivity index (χ4v) is 0. The third kappa shape index (κ3) is 6.07. The van der Waals surface area contributed by atoms with Crippen molar-refractivity contribution in [3.63, 3.8) is 0 Å². The Kier molecular flexibility index (Phi) is 3.27. The zero-order valence-electron chi connectivity index (χ0n) is 5.22. The van der Waals surface area contributed by atoms with Crippen molar-refractivity contribution >= 4 is 10.1 Å². The Labute approximate surface area is 61.1 Å². The summed E-state index contributed by atoms with van der Waals surface area (Å²) in [4.78, 5) is 0. The second-order valence-electron chi connectivity index (χ2n) is 1.67. The molecule has 0 aromatic rings. The molecule has 1 fully saturated rings. The van der Waals surface area contributed by atoms with E-state index in [1.807, 2.05) is 0 Å². The lowest BCUT2D eigenvalue weighted by atomic mass is 11.0. The van der Waals surface area contributed by atoms with Gasteiger partial charge >= 0.3 is 15.6 Å². The van der Waals surface area contributed by atoms with E-state index in [2.05, 4.69) is 5.32 Å². The maximum atomic E-state index is 10.7. The highest BCUT2D eigenvalue weighted by molar-refractivity contribution is 7.86. The van der Waals surface area contributed by atoms with Gasteiger partial charge in [0, 0.05) is 13.1 Å². The van der Waals surface area contributed by atoms with Crippen LogP contribution in [-0.4, -0.2) is 31.6 Å². The minimum absolute atomic E-state index is 1.25. The van der Waals surface area contributed by atoms with Gasteiger partial charge in [0.2, 0.25) is 0 Å². The summed E-state index contributed by atoms with van der Waals surface area (Å²) in [7, 11) is -5.84. The van der Waals surface area contributed by atoms with Crippen LogP contribution in [0.2, 0.25) is 0 Å². The van der Waals surface area contributed by atoms with E-state index in [9.17, 15) is 13.2 Å². The van der Waals surface area contributed by atoms with Gasteiger partial charge in [0.25, 0.3) is 0 Å². The summed E-state index contributed by atoms with van der Waals surface area (Å²) in [5, 5.41) is 3.00. The molecular formula is C3H6F3NO3S. The Morgan fingerprint density at radius 2 is 1.45 bits per heavy atom. The molecule has 1 heterocycles. The molecular weight excluding hydrogens is 187 g/mol. The molecule has 4 nitrogen and oxygen atoms in total. The minimum atomic E-state index is -5.84. The van der Waals surface area contributed by atoms with Gasteiger partial charge in [-0.1, -0.05) is 0 Å². The summed E-state index contributed by atoms with van der Waals surface area (Å²) in [5.74, 6) is 0. The monoisotopic (exact) mass is 193 g/mol. The van der Waals surface area contributed by atoms with Gasteiger partial charge in [-0.2, -0.15) is 21.6 Å². The predicted octanol–water partition coefficient (Wildman–Crippen LogP) is -0.0164. The van der Waals surface area contributed by atoms with Gasteiger partial charge in [0.15, 0.2) is 0 Å². The second-order valence-corrected chi connectivity index (χ2v) is 3.08. The maximum Gasteiger partial charge on any atom is 0.522 e. The van der Waals surface area contributed by atoms with Gasteiger partial charge in [-0.15, -0.1) is 0 Å². The molecule has 8 heteroatoms. The van der Waals surface area contributed by atoms with Crippen molar-refractivity contribution < 1.29 is 26.1 Å². The Bertz CT molecular complexity index is 204. The van der Waals surface area contributed by atoms with Crippen molar-refractivity contribution in [2.75, 3.05) is 13.1 Å². The van der Waals surface area contributed by atoms with Gasteiger partial charge in [-0.3, -0.25) is 4.55 Å². The van der Waals surface area contributed by atoms with E-state index < -0.39 is 15.6 Å².